The topological polar surface area (TPSA) is 64.1 Å². The van der Waals surface area contributed by atoms with Crippen molar-refractivity contribution in [3.8, 4) is 17.2 Å². The molecule has 2 aromatic rings. The number of ether oxygens (including phenoxy) is 3. The van der Waals surface area contributed by atoms with E-state index in [4.69, 9.17) is 14.2 Å². The van der Waals surface area contributed by atoms with Crippen LogP contribution in [0.5, 0.6) is 17.2 Å². The molecule has 1 aliphatic heterocycles. The third-order valence-corrected chi connectivity index (χ3v) is 4.59. The maximum Gasteiger partial charge on any atom is 0.272 e. The number of aromatic nitrogens is 1. The average molecular weight is 371 g/mol. The maximum atomic E-state index is 12.5. The van der Waals surface area contributed by atoms with Gasteiger partial charge in [-0.15, -0.1) is 0 Å². The molecule has 144 valence electrons. The molecular formula is C20H25N3O4. The Morgan fingerprint density at radius 1 is 0.926 bits per heavy atom. The van der Waals surface area contributed by atoms with Crippen LogP contribution >= 0.6 is 0 Å². The highest BCUT2D eigenvalue weighted by atomic mass is 16.5. The Kier molecular flexibility index (Phi) is 6.49. The third kappa shape index (κ3) is 5.10. The minimum Gasteiger partial charge on any atom is -0.497 e. The van der Waals surface area contributed by atoms with Crippen molar-refractivity contribution in [3.05, 3.63) is 48.3 Å². The smallest absolute Gasteiger partial charge is 0.272 e. The van der Waals surface area contributed by atoms with Crippen molar-refractivity contribution in [2.24, 2.45) is 0 Å². The van der Waals surface area contributed by atoms with Gasteiger partial charge in [0.2, 0.25) is 0 Å². The second-order valence-electron chi connectivity index (χ2n) is 6.24. The van der Waals surface area contributed by atoms with Crippen LogP contribution in [0, 0.1) is 0 Å². The van der Waals surface area contributed by atoms with Gasteiger partial charge in [0.15, 0.2) is 0 Å². The molecule has 1 aliphatic rings. The molecule has 1 amide bonds. The number of hydrogen-bond acceptors (Lipinski definition) is 6. The standard InChI is InChI=1S/C20H25N3O4/c1-25-16-3-5-17(6-4-16)27-14-13-22-9-11-23(12-10-22)20(24)19-8-7-18(26-2)15-21-19/h3-8,15H,9-14H2,1-2H3. The van der Waals surface area contributed by atoms with E-state index in [1.165, 1.54) is 0 Å². The summed E-state index contributed by atoms with van der Waals surface area (Å²) in [6.45, 7) is 4.47. The number of piperazine rings is 1. The van der Waals surface area contributed by atoms with Crippen LogP contribution in [-0.4, -0.2) is 74.2 Å². The molecule has 7 nitrogen and oxygen atoms in total. The van der Waals surface area contributed by atoms with Crippen LogP contribution in [0.1, 0.15) is 10.5 Å². The van der Waals surface area contributed by atoms with Crippen LogP contribution in [0.4, 0.5) is 0 Å². The first-order valence-electron chi connectivity index (χ1n) is 8.98. The van der Waals surface area contributed by atoms with Gasteiger partial charge in [0.25, 0.3) is 5.91 Å². The van der Waals surface area contributed by atoms with E-state index in [1.807, 2.05) is 29.2 Å². The number of rotatable bonds is 7. The van der Waals surface area contributed by atoms with Crippen LogP contribution < -0.4 is 14.2 Å². The van der Waals surface area contributed by atoms with E-state index >= 15 is 0 Å². The van der Waals surface area contributed by atoms with Gasteiger partial charge in [0, 0.05) is 32.7 Å². The molecular weight excluding hydrogens is 346 g/mol. The monoisotopic (exact) mass is 371 g/mol. The Morgan fingerprint density at radius 2 is 1.56 bits per heavy atom. The molecule has 2 heterocycles. The van der Waals surface area contributed by atoms with E-state index in [1.54, 1.807) is 32.5 Å². The second-order valence-corrected chi connectivity index (χ2v) is 6.24. The predicted octanol–water partition coefficient (Wildman–Crippen LogP) is 1.94. The molecule has 1 saturated heterocycles. The number of carbonyl (C=O) groups is 1. The molecule has 0 bridgehead atoms. The zero-order valence-corrected chi connectivity index (χ0v) is 15.8. The van der Waals surface area contributed by atoms with Gasteiger partial charge in [0.05, 0.1) is 20.4 Å². The molecule has 27 heavy (non-hydrogen) atoms. The van der Waals surface area contributed by atoms with E-state index in [9.17, 15) is 4.79 Å². The molecule has 0 spiro atoms. The van der Waals surface area contributed by atoms with Crippen LogP contribution in [0.2, 0.25) is 0 Å². The zero-order chi connectivity index (χ0) is 19.1. The molecule has 0 N–H and O–H groups in total. The van der Waals surface area contributed by atoms with E-state index in [0.717, 1.165) is 31.1 Å². The van der Waals surface area contributed by atoms with E-state index in [2.05, 4.69) is 9.88 Å². The van der Waals surface area contributed by atoms with Gasteiger partial charge in [-0.1, -0.05) is 0 Å². The fourth-order valence-electron chi connectivity index (χ4n) is 2.93. The summed E-state index contributed by atoms with van der Waals surface area (Å²) in [4.78, 5) is 20.9. The average Bonchev–Trinajstić information content (AvgIpc) is 2.74. The number of amides is 1. The number of hydrogen-bond donors (Lipinski definition) is 0. The number of carbonyl (C=O) groups excluding carboxylic acids is 1. The Morgan fingerprint density at radius 3 is 2.15 bits per heavy atom. The minimum atomic E-state index is -0.0354. The summed E-state index contributed by atoms with van der Waals surface area (Å²) in [5.41, 5.74) is 0.451. The van der Waals surface area contributed by atoms with Crippen LogP contribution in [-0.2, 0) is 0 Å². The summed E-state index contributed by atoms with van der Waals surface area (Å²) in [7, 11) is 3.22. The molecule has 7 heteroatoms. The molecule has 0 radical (unpaired) electrons. The van der Waals surface area contributed by atoms with Crippen molar-refractivity contribution >= 4 is 5.91 Å². The number of pyridine rings is 1. The van der Waals surface area contributed by atoms with Crippen molar-refractivity contribution in [3.63, 3.8) is 0 Å². The fourth-order valence-corrected chi connectivity index (χ4v) is 2.93. The summed E-state index contributed by atoms with van der Waals surface area (Å²) in [5, 5.41) is 0. The van der Waals surface area contributed by atoms with Gasteiger partial charge in [-0.2, -0.15) is 0 Å². The molecule has 1 aromatic carbocycles. The van der Waals surface area contributed by atoms with Crippen molar-refractivity contribution < 1.29 is 19.0 Å². The third-order valence-electron chi connectivity index (χ3n) is 4.59. The highest BCUT2D eigenvalue weighted by Gasteiger charge is 2.22. The Balaban J connectivity index is 1.40. The van der Waals surface area contributed by atoms with Crippen LogP contribution in [0.15, 0.2) is 42.6 Å². The van der Waals surface area contributed by atoms with Crippen LogP contribution in [0.25, 0.3) is 0 Å². The number of nitrogens with zero attached hydrogens (tertiary/aromatic N) is 3. The fraction of sp³-hybridized carbons (Fsp3) is 0.400. The summed E-state index contributed by atoms with van der Waals surface area (Å²) in [6, 6.07) is 11.0. The van der Waals surface area contributed by atoms with E-state index in [-0.39, 0.29) is 5.91 Å². The normalized spacial score (nSPS) is 14.7. The maximum absolute atomic E-state index is 12.5. The summed E-state index contributed by atoms with van der Waals surface area (Å²) in [5.74, 6) is 2.25. The summed E-state index contributed by atoms with van der Waals surface area (Å²) < 4.78 is 16.0. The first kappa shape index (κ1) is 19.0. The van der Waals surface area contributed by atoms with Gasteiger partial charge >= 0.3 is 0 Å². The lowest BCUT2D eigenvalue weighted by atomic mass is 10.2. The van der Waals surface area contributed by atoms with Gasteiger partial charge in [-0.3, -0.25) is 9.69 Å². The SMILES string of the molecule is COc1ccc(OCCN2CCN(C(=O)c3ccc(OC)cn3)CC2)cc1. The lowest BCUT2D eigenvalue weighted by Gasteiger charge is -2.34. The molecule has 1 aromatic heterocycles. The molecule has 1 fully saturated rings. The minimum absolute atomic E-state index is 0.0354. The number of benzene rings is 1. The van der Waals surface area contributed by atoms with E-state index < -0.39 is 0 Å². The second kappa shape index (κ2) is 9.23. The molecule has 0 saturated carbocycles. The molecule has 0 atom stereocenters. The van der Waals surface area contributed by atoms with Crippen molar-refractivity contribution in [1.29, 1.82) is 0 Å². The Bertz CT molecular complexity index is 726. The zero-order valence-electron chi connectivity index (χ0n) is 15.8. The molecule has 0 aliphatic carbocycles. The molecule has 3 rings (SSSR count). The first-order valence-corrected chi connectivity index (χ1v) is 8.98. The van der Waals surface area contributed by atoms with Gasteiger partial charge in [-0.05, 0) is 36.4 Å². The Hall–Kier alpha value is -2.80. The van der Waals surface area contributed by atoms with Gasteiger partial charge < -0.3 is 19.1 Å². The van der Waals surface area contributed by atoms with Crippen molar-refractivity contribution in [1.82, 2.24) is 14.8 Å². The lowest BCUT2D eigenvalue weighted by Crippen LogP contribution is -2.49. The number of methoxy groups -OCH3 is 2. The quantitative estimate of drug-likeness (QED) is 0.741. The summed E-state index contributed by atoms with van der Waals surface area (Å²) >= 11 is 0. The highest BCUT2D eigenvalue weighted by Crippen LogP contribution is 2.17. The summed E-state index contributed by atoms with van der Waals surface area (Å²) in [6.07, 6.45) is 1.57. The molecule has 0 unspecified atom stereocenters. The van der Waals surface area contributed by atoms with Gasteiger partial charge in [0.1, 0.15) is 29.5 Å². The first-order chi connectivity index (χ1) is 13.2. The largest absolute Gasteiger partial charge is 0.497 e. The van der Waals surface area contributed by atoms with Gasteiger partial charge in [-0.25, -0.2) is 4.98 Å². The van der Waals surface area contributed by atoms with Crippen molar-refractivity contribution in [2.75, 3.05) is 53.6 Å². The predicted molar refractivity (Wildman–Crippen MR) is 102 cm³/mol. The van der Waals surface area contributed by atoms with Crippen molar-refractivity contribution in [2.45, 2.75) is 0 Å². The van der Waals surface area contributed by atoms with Crippen LogP contribution in [0.3, 0.4) is 0 Å². The van der Waals surface area contributed by atoms with E-state index in [0.29, 0.717) is 31.1 Å². The highest BCUT2D eigenvalue weighted by molar-refractivity contribution is 5.92. The Labute approximate surface area is 159 Å². The lowest BCUT2D eigenvalue weighted by molar-refractivity contribution is 0.0614.